The van der Waals surface area contributed by atoms with Crippen molar-refractivity contribution >= 4 is 16.8 Å². The Bertz CT molecular complexity index is 872. The molecule has 0 aliphatic carbocycles. The van der Waals surface area contributed by atoms with Crippen molar-refractivity contribution in [3.63, 3.8) is 0 Å². The first-order chi connectivity index (χ1) is 14.4. The van der Waals surface area contributed by atoms with Crippen molar-refractivity contribution in [1.82, 2.24) is 14.4 Å². The Labute approximate surface area is 174 Å². The molecule has 1 aromatic heterocycles. The van der Waals surface area contributed by atoms with E-state index < -0.39 is 12.7 Å². The zero-order valence-electron chi connectivity index (χ0n) is 17.0. The number of amides is 1. The van der Waals surface area contributed by atoms with Crippen molar-refractivity contribution in [3.8, 4) is 5.75 Å². The van der Waals surface area contributed by atoms with Gasteiger partial charge in [0.25, 0.3) is 0 Å². The topological polar surface area (TPSA) is 37.7 Å². The van der Waals surface area contributed by atoms with Crippen molar-refractivity contribution < 1.29 is 22.7 Å². The molecule has 5 nitrogen and oxygen atoms in total. The van der Waals surface area contributed by atoms with Gasteiger partial charge in [-0.2, -0.15) is 13.2 Å². The molecule has 0 radical (unpaired) electrons. The highest BCUT2D eigenvalue weighted by molar-refractivity contribution is 5.86. The summed E-state index contributed by atoms with van der Waals surface area (Å²) in [4.78, 5) is 16.3. The van der Waals surface area contributed by atoms with E-state index in [0.29, 0.717) is 23.1 Å². The third-order valence-electron chi connectivity index (χ3n) is 6.06. The second-order valence-electron chi connectivity index (χ2n) is 8.24. The molecule has 1 amide bonds. The number of halogens is 3. The van der Waals surface area contributed by atoms with Crippen molar-refractivity contribution in [2.24, 2.45) is 0 Å². The Morgan fingerprint density at radius 3 is 2.57 bits per heavy atom. The van der Waals surface area contributed by atoms with E-state index in [4.69, 9.17) is 4.74 Å². The van der Waals surface area contributed by atoms with E-state index in [1.54, 1.807) is 18.2 Å². The van der Waals surface area contributed by atoms with Crippen LogP contribution in [0, 0.1) is 0 Å². The van der Waals surface area contributed by atoms with Gasteiger partial charge < -0.3 is 19.1 Å². The highest BCUT2D eigenvalue weighted by Crippen LogP contribution is 2.31. The van der Waals surface area contributed by atoms with Crippen LogP contribution in [-0.2, 0) is 11.3 Å². The standard InChI is InChI=1S/C22H28F3N3O2/c23-22(24,25)16-28-13-9-18-19(28)4-3-5-20(18)30-17-7-11-26(12-8-17)14-15-27-10-2-1-6-21(27)29/h3-5,9,13,17H,1-2,6-8,10-12,14-16H2. The number of piperidine rings is 2. The number of aromatic nitrogens is 1. The quantitative estimate of drug-likeness (QED) is 0.703. The van der Waals surface area contributed by atoms with E-state index in [1.807, 2.05) is 11.0 Å². The van der Waals surface area contributed by atoms with Gasteiger partial charge in [-0.15, -0.1) is 0 Å². The second kappa shape index (κ2) is 8.88. The molecule has 0 saturated carbocycles. The smallest absolute Gasteiger partial charge is 0.406 e. The molecule has 2 aliphatic rings. The molecule has 3 heterocycles. The van der Waals surface area contributed by atoms with Crippen LogP contribution in [0.4, 0.5) is 13.2 Å². The lowest BCUT2D eigenvalue weighted by molar-refractivity contribution is -0.140. The number of carbonyl (C=O) groups excluding carboxylic acids is 1. The van der Waals surface area contributed by atoms with Gasteiger partial charge in [0.05, 0.1) is 5.52 Å². The van der Waals surface area contributed by atoms with E-state index >= 15 is 0 Å². The normalized spacial score (nSPS) is 19.6. The van der Waals surface area contributed by atoms with Crippen LogP contribution >= 0.6 is 0 Å². The van der Waals surface area contributed by atoms with E-state index in [1.165, 1.54) is 10.8 Å². The van der Waals surface area contributed by atoms with Gasteiger partial charge in [0.15, 0.2) is 0 Å². The average molecular weight is 423 g/mol. The Balaban J connectivity index is 1.31. The fourth-order valence-corrected chi connectivity index (χ4v) is 4.42. The predicted molar refractivity (Wildman–Crippen MR) is 109 cm³/mol. The van der Waals surface area contributed by atoms with Gasteiger partial charge in [-0.1, -0.05) is 6.07 Å². The van der Waals surface area contributed by atoms with E-state index in [-0.39, 0.29) is 12.0 Å². The summed E-state index contributed by atoms with van der Waals surface area (Å²) in [6, 6.07) is 6.96. The summed E-state index contributed by atoms with van der Waals surface area (Å²) in [6.45, 7) is 3.34. The number of rotatable bonds is 6. The molecule has 8 heteroatoms. The summed E-state index contributed by atoms with van der Waals surface area (Å²) in [5, 5.41) is 0.716. The maximum atomic E-state index is 12.8. The van der Waals surface area contributed by atoms with Crippen LogP contribution < -0.4 is 4.74 Å². The maximum Gasteiger partial charge on any atom is 0.406 e. The molecule has 164 valence electrons. The minimum atomic E-state index is -4.26. The summed E-state index contributed by atoms with van der Waals surface area (Å²) in [5.74, 6) is 0.913. The summed E-state index contributed by atoms with van der Waals surface area (Å²) in [5.41, 5.74) is 0.536. The molecule has 0 spiro atoms. The molecular weight excluding hydrogens is 395 g/mol. The van der Waals surface area contributed by atoms with Gasteiger partial charge in [0.1, 0.15) is 18.4 Å². The molecule has 30 heavy (non-hydrogen) atoms. The number of fused-ring (bicyclic) bond motifs is 1. The van der Waals surface area contributed by atoms with Crippen LogP contribution in [0.2, 0.25) is 0 Å². The van der Waals surface area contributed by atoms with Crippen molar-refractivity contribution in [2.45, 2.75) is 50.9 Å². The molecule has 2 aromatic rings. The number of carbonyl (C=O) groups is 1. The zero-order valence-corrected chi connectivity index (χ0v) is 17.0. The van der Waals surface area contributed by atoms with Gasteiger partial charge >= 0.3 is 6.18 Å². The first kappa shape index (κ1) is 21.0. The van der Waals surface area contributed by atoms with Gasteiger partial charge in [-0.3, -0.25) is 4.79 Å². The molecule has 2 aliphatic heterocycles. The number of likely N-dealkylation sites (tertiary alicyclic amines) is 2. The van der Waals surface area contributed by atoms with Gasteiger partial charge in [0, 0.05) is 50.7 Å². The number of hydrogen-bond acceptors (Lipinski definition) is 3. The van der Waals surface area contributed by atoms with Crippen molar-refractivity contribution in [1.29, 1.82) is 0 Å². The summed E-state index contributed by atoms with van der Waals surface area (Å²) in [7, 11) is 0. The summed E-state index contributed by atoms with van der Waals surface area (Å²) < 4.78 is 45.7. The third kappa shape index (κ3) is 5.09. The lowest BCUT2D eigenvalue weighted by Gasteiger charge is -2.34. The van der Waals surface area contributed by atoms with Crippen molar-refractivity contribution in [3.05, 3.63) is 30.5 Å². The first-order valence-electron chi connectivity index (χ1n) is 10.7. The number of ether oxygens (including phenoxy) is 1. The summed E-state index contributed by atoms with van der Waals surface area (Å²) >= 11 is 0. The minimum Gasteiger partial charge on any atom is -0.490 e. The van der Waals surface area contributed by atoms with E-state index in [9.17, 15) is 18.0 Å². The second-order valence-corrected chi connectivity index (χ2v) is 8.24. The Morgan fingerprint density at radius 2 is 1.83 bits per heavy atom. The lowest BCUT2D eigenvalue weighted by Crippen LogP contribution is -2.44. The predicted octanol–water partition coefficient (Wildman–Crippen LogP) is 4.06. The Hall–Kier alpha value is -2.22. The number of benzene rings is 1. The van der Waals surface area contributed by atoms with Gasteiger partial charge in [-0.05, 0) is 43.9 Å². The van der Waals surface area contributed by atoms with Crippen LogP contribution in [0.5, 0.6) is 5.75 Å². The third-order valence-corrected chi connectivity index (χ3v) is 6.06. The average Bonchev–Trinajstić information content (AvgIpc) is 3.11. The molecule has 0 bridgehead atoms. The summed E-state index contributed by atoms with van der Waals surface area (Å²) in [6.07, 6.45) is 1.77. The minimum absolute atomic E-state index is 0.0504. The van der Waals surface area contributed by atoms with Crippen LogP contribution in [0.3, 0.4) is 0 Å². The van der Waals surface area contributed by atoms with Crippen LogP contribution in [0.1, 0.15) is 32.1 Å². The first-order valence-corrected chi connectivity index (χ1v) is 10.7. The molecule has 4 rings (SSSR count). The highest BCUT2D eigenvalue weighted by atomic mass is 19.4. The highest BCUT2D eigenvalue weighted by Gasteiger charge is 2.29. The van der Waals surface area contributed by atoms with E-state index in [2.05, 4.69) is 4.90 Å². The molecule has 0 atom stereocenters. The monoisotopic (exact) mass is 423 g/mol. The van der Waals surface area contributed by atoms with Gasteiger partial charge in [-0.25, -0.2) is 0 Å². The fourth-order valence-electron chi connectivity index (χ4n) is 4.42. The largest absolute Gasteiger partial charge is 0.490 e. The Morgan fingerprint density at radius 1 is 1.03 bits per heavy atom. The number of hydrogen-bond donors (Lipinski definition) is 0. The molecule has 0 unspecified atom stereocenters. The number of nitrogens with zero attached hydrogens (tertiary/aromatic N) is 3. The van der Waals surface area contributed by atoms with E-state index in [0.717, 1.165) is 58.4 Å². The fraction of sp³-hybridized carbons (Fsp3) is 0.591. The lowest BCUT2D eigenvalue weighted by atomic mass is 10.1. The number of alkyl halides is 3. The SMILES string of the molecule is O=C1CCCCN1CCN1CCC(Oc2cccc3c2ccn3CC(F)(F)F)CC1. The van der Waals surface area contributed by atoms with Gasteiger partial charge in [0.2, 0.25) is 5.91 Å². The molecule has 0 N–H and O–H groups in total. The molecule has 2 saturated heterocycles. The molecular formula is C22H28F3N3O2. The van der Waals surface area contributed by atoms with Crippen molar-refractivity contribution in [2.75, 3.05) is 32.7 Å². The molecule has 1 aromatic carbocycles. The molecule has 2 fully saturated rings. The van der Waals surface area contributed by atoms with Crippen LogP contribution in [-0.4, -0.2) is 65.3 Å². The Kier molecular flexibility index (Phi) is 6.22. The maximum absolute atomic E-state index is 12.8. The zero-order chi connectivity index (χ0) is 21.1. The van der Waals surface area contributed by atoms with Crippen LogP contribution in [0.25, 0.3) is 10.9 Å². The van der Waals surface area contributed by atoms with Crippen LogP contribution in [0.15, 0.2) is 30.5 Å².